The van der Waals surface area contributed by atoms with Crippen LogP contribution in [0, 0.1) is 11.8 Å². The Bertz CT molecular complexity index is 827. The van der Waals surface area contributed by atoms with E-state index in [1.165, 1.54) is 31.2 Å². The summed E-state index contributed by atoms with van der Waals surface area (Å²) in [6.07, 6.45) is 9.94. The fraction of sp³-hybridized carbons (Fsp3) is 0.583. The minimum atomic E-state index is 0.474. The van der Waals surface area contributed by atoms with Crippen molar-refractivity contribution in [2.45, 2.75) is 50.6 Å². The maximum Gasteiger partial charge on any atom is 0.160 e. The second-order valence-electron chi connectivity index (χ2n) is 8.41. The molecule has 30 heavy (non-hydrogen) atoms. The second kappa shape index (κ2) is 9.75. The summed E-state index contributed by atoms with van der Waals surface area (Å²) in [5.74, 6) is 4.45. The molecule has 2 aliphatic carbocycles. The molecule has 4 rings (SSSR count). The Balaban J connectivity index is 1.46. The van der Waals surface area contributed by atoms with Gasteiger partial charge < -0.3 is 19.5 Å². The highest BCUT2D eigenvalue weighted by Gasteiger charge is 2.51. The van der Waals surface area contributed by atoms with Gasteiger partial charge in [0.25, 0.3) is 0 Å². The van der Waals surface area contributed by atoms with E-state index in [4.69, 9.17) is 14.2 Å². The van der Waals surface area contributed by atoms with Gasteiger partial charge in [0.1, 0.15) is 5.82 Å². The van der Waals surface area contributed by atoms with Gasteiger partial charge in [-0.2, -0.15) is 0 Å². The summed E-state index contributed by atoms with van der Waals surface area (Å²) in [6, 6.07) is 6.88. The molecule has 0 spiro atoms. The van der Waals surface area contributed by atoms with Crippen molar-refractivity contribution in [3.05, 3.63) is 47.5 Å². The van der Waals surface area contributed by atoms with Crippen molar-refractivity contribution in [3.8, 4) is 11.5 Å². The molecular weight excluding hydrogens is 378 g/mol. The van der Waals surface area contributed by atoms with E-state index in [9.17, 15) is 0 Å². The molecule has 2 aromatic rings. The number of ether oxygens (including phenoxy) is 3. The first-order chi connectivity index (χ1) is 14.7. The minimum Gasteiger partial charge on any atom is -0.493 e. The Kier molecular flexibility index (Phi) is 6.85. The number of nitrogens with one attached hydrogen (secondary N) is 1. The lowest BCUT2D eigenvalue weighted by Gasteiger charge is -2.55. The highest BCUT2D eigenvalue weighted by Crippen LogP contribution is 2.55. The zero-order chi connectivity index (χ0) is 20.9. The summed E-state index contributed by atoms with van der Waals surface area (Å²) in [7, 11) is 5.09. The maximum atomic E-state index is 5.56. The number of rotatable bonds is 9. The molecule has 6 nitrogen and oxygen atoms in total. The third-order valence-electron chi connectivity index (χ3n) is 6.81. The maximum absolute atomic E-state index is 5.56. The van der Waals surface area contributed by atoms with E-state index in [2.05, 4.69) is 27.4 Å². The van der Waals surface area contributed by atoms with Crippen LogP contribution in [-0.2, 0) is 17.7 Å². The zero-order valence-corrected chi connectivity index (χ0v) is 18.3. The molecule has 2 unspecified atom stereocenters. The van der Waals surface area contributed by atoms with Crippen LogP contribution in [0.25, 0.3) is 0 Å². The molecule has 4 atom stereocenters. The molecule has 2 fully saturated rings. The van der Waals surface area contributed by atoms with Gasteiger partial charge in [0.15, 0.2) is 11.5 Å². The third-order valence-corrected chi connectivity index (χ3v) is 6.81. The predicted molar refractivity (Wildman–Crippen MR) is 116 cm³/mol. The molecule has 6 heteroatoms. The SMILES string of the molecule is COCCc1ncc(CN[C@H]2C3CCCCC3[C@@H]2c2ccc(OC)c(OC)c2)cn1. The highest BCUT2D eigenvalue weighted by atomic mass is 16.5. The van der Waals surface area contributed by atoms with Gasteiger partial charge in [0.05, 0.1) is 20.8 Å². The van der Waals surface area contributed by atoms with Crippen LogP contribution in [-0.4, -0.2) is 43.9 Å². The van der Waals surface area contributed by atoms with Crippen LogP contribution in [0.4, 0.5) is 0 Å². The van der Waals surface area contributed by atoms with Crippen molar-refractivity contribution in [1.82, 2.24) is 15.3 Å². The molecule has 1 N–H and O–H groups in total. The number of benzene rings is 1. The van der Waals surface area contributed by atoms with Gasteiger partial charge in [-0.05, 0) is 42.4 Å². The Morgan fingerprint density at radius 2 is 1.70 bits per heavy atom. The van der Waals surface area contributed by atoms with E-state index in [0.717, 1.165) is 47.7 Å². The van der Waals surface area contributed by atoms with Gasteiger partial charge in [-0.3, -0.25) is 0 Å². The number of methoxy groups -OCH3 is 3. The van der Waals surface area contributed by atoms with Gasteiger partial charge in [0.2, 0.25) is 0 Å². The lowest BCUT2D eigenvalue weighted by atomic mass is 9.53. The molecular formula is C24H33N3O3. The quantitative estimate of drug-likeness (QED) is 0.678. The normalized spacial score (nSPS) is 25.3. The molecule has 162 valence electrons. The van der Waals surface area contributed by atoms with Crippen molar-refractivity contribution in [2.75, 3.05) is 27.9 Å². The van der Waals surface area contributed by atoms with Crippen molar-refractivity contribution >= 4 is 0 Å². The number of aromatic nitrogens is 2. The summed E-state index contributed by atoms with van der Waals surface area (Å²) in [4.78, 5) is 8.95. The first-order valence-corrected chi connectivity index (χ1v) is 11.0. The van der Waals surface area contributed by atoms with Crippen molar-refractivity contribution in [1.29, 1.82) is 0 Å². The van der Waals surface area contributed by atoms with Crippen LogP contribution in [0.5, 0.6) is 11.5 Å². The fourth-order valence-corrected chi connectivity index (χ4v) is 5.29. The molecule has 0 saturated heterocycles. The van der Waals surface area contributed by atoms with Crippen molar-refractivity contribution in [3.63, 3.8) is 0 Å². The molecule has 2 aliphatic rings. The van der Waals surface area contributed by atoms with Crippen LogP contribution < -0.4 is 14.8 Å². The number of nitrogens with zero attached hydrogens (tertiary/aromatic N) is 2. The summed E-state index contributed by atoms with van der Waals surface area (Å²) in [5.41, 5.74) is 2.47. The molecule has 0 aliphatic heterocycles. The van der Waals surface area contributed by atoms with Gasteiger partial charge in [-0.25, -0.2) is 9.97 Å². The Morgan fingerprint density at radius 1 is 0.967 bits per heavy atom. The molecule has 1 heterocycles. The van der Waals surface area contributed by atoms with E-state index < -0.39 is 0 Å². The van der Waals surface area contributed by atoms with Crippen molar-refractivity contribution < 1.29 is 14.2 Å². The monoisotopic (exact) mass is 411 g/mol. The summed E-state index contributed by atoms with van der Waals surface area (Å²) in [5, 5.41) is 3.84. The average molecular weight is 412 g/mol. The smallest absolute Gasteiger partial charge is 0.160 e. The first-order valence-electron chi connectivity index (χ1n) is 11.0. The lowest BCUT2D eigenvalue weighted by Crippen LogP contribution is -2.57. The van der Waals surface area contributed by atoms with Gasteiger partial charge >= 0.3 is 0 Å². The van der Waals surface area contributed by atoms with Gasteiger partial charge in [-0.1, -0.05) is 18.9 Å². The minimum absolute atomic E-state index is 0.474. The van der Waals surface area contributed by atoms with Gasteiger partial charge in [0, 0.05) is 50.0 Å². The van der Waals surface area contributed by atoms with Crippen LogP contribution in [0.1, 0.15) is 48.6 Å². The zero-order valence-electron chi connectivity index (χ0n) is 18.3. The average Bonchev–Trinajstić information content (AvgIpc) is 2.79. The van der Waals surface area contributed by atoms with Gasteiger partial charge in [-0.15, -0.1) is 0 Å². The topological polar surface area (TPSA) is 65.5 Å². The van der Waals surface area contributed by atoms with Crippen molar-refractivity contribution in [2.24, 2.45) is 11.8 Å². The molecule has 1 aromatic heterocycles. The summed E-state index contributed by atoms with van der Waals surface area (Å²) in [6.45, 7) is 1.44. The van der Waals surface area contributed by atoms with Crippen LogP contribution in [0.2, 0.25) is 0 Å². The lowest BCUT2D eigenvalue weighted by molar-refractivity contribution is 0.0252. The molecule has 2 saturated carbocycles. The van der Waals surface area contributed by atoms with Crippen LogP contribution >= 0.6 is 0 Å². The van der Waals surface area contributed by atoms with E-state index in [-0.39, 0.29) is 0 Å². The number of hydrogen-bond acceptors (Lipinski definition) is 6. The highest BCUT2D eigenvalue weighted by molar-refractivity contribution is 5.45. The standard InChI is InChI=1S/C24H33N3O3/c1-28-11-10-22-25-13-16(14-26-22)15-27-24-19-7-5-4-6-18(19)23(24)17-8-9-20(29-2)21(12-17)30-3/h8-9,12-14,18-19,23-24,27H,4-7,10-11,15H2,1-3H3/t18?,19?,23-,24-/m0/s1. The molecule has 1 aromatic carbocycles. The Labute approximate surface area is 179 Å². The van der Waals surface area contributed by atoms with E-state index >= 15 is 0 Å². The van der Waals surface area contributed by atoms with E-state index in [1.54, 1.807) is 21.3 Å². The first kappa shape index (κ1) is 21.1. The second-order valence-corrected chi connectivity index (χ2v) is 8.41. The Morgan fingerprint density at radius 3 is 2.40 bits per heavy atom. The fourth-order valence-electron chi connectivity index (χ4n) is 5.29. The third kappa shape index (κ3) is 4.30. The van der Waals surface area contributed by atoms with Crippen LogP contribution in [0.3, 0.4) is 0 Å². The van der Waals surface area contributed by atoms with E-state index in [1.807, 2.05) is 18.5 Å². The van der Waals surface area contributed by atoms with E-state index in [0.29, 0.717) is 18.6 Å². The molecule has 0 amide bonds. The number of hydrogen-bond donors (Lipinski definition) is 1. The van der Waals surface area contributed by atoms with Crippen LogP contribution in [0.15, 0.2) is 30.6 Å². The number of fused-ring (bicyclic) bond motifs is 1. The Hall–Kier alpha value is -2.18. The largest absolute Gasteiger partial charge is 0.493 e. The predicted octanol–water partition coefficient (Wildman–Crippen LogP) is 3.74. The summed E-state index contributed by atoms with van der Waals surface area (Å²) < 4.78 is 16.1. The molecule has 0 radical (unpaired) electrons. The molecule has 0 bridgehead atoms. The summed E-state index contributed by atoms with van der Waals surface area (Å²) >= 11 is 0.